The predicted octanol–water partition coefficient (Wildman–Crippen LogP) is 1.66. The first-order chi connectivity index (χ1) is 13.5. The van der Waals surface area contributed by atoms with Crippen molar-refractivity contribution in [2.24, 2.45) is 10.9 Å². The van der Waals surface area contributed by atoms with Crippen LogP contribution in [0.4, 0.5) is 0 Å². The zero-order chi connectivity index (χ0) is 20.1. The first-order valence-electron chi connectivity index (χ1n) is 8.45. The summed E-state index contributed by atoms with van der Waals surface area (Å²) < 4.78 is 0. The smallest absolute Gasteiger partial charge is 0.357 e. The number of nitrogens with zero attached hydrogens (tertiary/aromatic N) is 3. The number of oxime groups is 1. The standard InChI is InChI=1S/C19H18N4O4S/c1-28-11-8-15(19(26)27-22-16(20)12-6-9-21-10-7-12)23-17(24)13-4-2-3-5-14(13)18(23)25/h2-7,9-10,15H,8,11H2,1H3,(H2,20,22)/t15-/m0/s1. The van der Waals surface area contributed by atoms with Gasteiger partial charge in [0.25, 0.3) is 11.8 Å². The maximum Gasteiger partial charge on any atom is 0.357 e. The second-order valence-electron chi connectivity index (χ2n) is 5.95. The molecule has 2 heterocycles. The van der Waals surface area contributed by atoms with Crippen LogP contribution in [0.25, 0.3) is 0 Å². The molecule has 0 fully saturated rings. The normalized spacial score (nSPS) is 14.8. The van der Waals surface area contributed by atoms with Crippen molar-refractivity contribution in [2.75, 3.05) is 12.0 Å². The highest BCUT2D eigenvalue weighted by atomic mass is 32.2. The molecule has 0 saturated heterocycles. The van der Waals surface area contributed by atoms with Crippen molar-refractivity contribution < 1.29 is 19.2 Å². The number of amides is 2. The lowest BCUT2D eigenvalue weighted by atomic mass is 10.1. The van der Waals surface area contributed by atoms with Gasteiger partial charge in [0.2, 0.25) is 0 Å². The van der Waals surface area contributed by atoms with Crippen LogP contribution in [-0.4, -0.2) is 51.6 Å². The summed E-state index contributed by atoms with van der Waals surface area (Å²) in [6.07, 6.45) is 5.17. The minimum Gasteiger partial charge on any atom is -0.380 e. The Morgan fingerprint density at radius 1 is 1.18 bits per heavy atom. The topological polar surface area (TPSA) is 115 Å². The summed E-state index contributed by atoms with van der Waals surface area (Å²) in [5.74, 6) is -1.32. The van der Waals surface area contributed by atoms with E-state index in [0.29, 0.717) is 11.3 Å². The molecule has 2 N–H and O–H groups in total. The van der Waals surface area contributed by atoms with Crippen molar-refractivity contribution in [3.05, 3.63) is 65.5 Å². The minimum atomic E-state index is -1.09. The maximum atomic E-state index is 12.7. The summed E-state index contributed by atoms with van der Waals surface area (Å²) in [4.78, 5) is 47.9. The van der Waals surface area contributed by atoms with Gasteiger partial charge in [-0.05, 0) is 42.7 Å². The number of carbonyl (C=O) groups excluding carboxylic acids is 3. The van der Waals surface area contributed by atoms with Gasteiger partial charge in [-0.25, -0.2) is 4.79 Å². The summed E-state index contributed by atoms with van der Waals surface area (Å²) in [5, 5.41) is 3.65. The highest BCUT2D eigenvalue weighted by Gasteiger charge is 2.43. The van der Waals surface area contributed by atoms with E-state index < -0.39 is 23.8 Å². The fourth-order valence-electron chi connectivity index (χ4n) is 2.80. The monoisotopic (exact) mass is 398 g/mol. The fourth-order valence-corrected chi connectivity index (χ4v) is 3.26. The van der Waals surface area contributed by atoms with Crippen LogP contribution in [-0.2, 0) is 9.63 Å². The molecule has 0 bridgehead atoms. The van der Waals surface area contributed by atoms with Crippen molar-refractivity contribution in [3.8, 4) is 0 Å². The Bertz CT molecular complexity index is 898. The second kappa shape index (κ2) is 8.66. The fraction of sp³-hybridized carbons (Fsp3) is 0.211. The summed E-state index contributed by atoms with van der Waals surface area (Å²) in [6.45, 7) is 0. The summed E-state index contributed by atoms with van der Waals surface area (Å²) >= 11 is 1.49. The number of hydrogen-bond acceptors (Lipinski definition) is 7. The SMILES string of the molecule is CSCC[C@@H](C(=O)O/N=C(/N)c1ccncc1)N1C(=O)c2ccccc2C1=O. The van der Waals surface area contributed by atoms with Crippen LogP contribution in [0.3, 0.4) is 0 Å². The molecular formula is C19H18N4O4S. The van der Waals surface area contributed by atoms with Crippen molar-refractivity contribution in [1.82, 2.24) is 9.88 Å². The number of amidine groups is 1. The molecule has 1 aromatic carbocycles. The van der Waals surface area contributed by atoms with Gasteiger partial charge < -0.3 is 10.6 Å². The number of carbonyl (C=O) groups is 3. The van der Waals surface area contributed by atoms with E-state index in [4.69, 9.17) is 10.6 Å². The summed E-state index contributed by atoms with van der Waals surface area (Å²) in [5.41, 5.74) is 6.89. The van der Waals surface area contributed by atoms with Crippen LogP contribution >= 0.6 is 11.8 Å². The largest absolute Gasteiger partial charge is 0.380 e. The average Bonchev–Trinajstić information content (AvgIpc) is 2.98. The first kappa shape index (κ1) is 19.6. The van der Waals surface area contributed by atoms with Crippen molar-refractivity contribution in [1.29, 1.82) is 0 Å². The Morgan fingerprint density at radius 2 is 1.79 bits per heavy atom. The van der Waals surface area contributed by atoms with E-state index in [1.54, 1.807) is 36.4 Å². The number of benzene rings is 1. The zero-order valence-corrected chi connectivity index (χ0v) is 15.9. The molecule has 2 amide bonds. The van der Waals surface area contributed by atoms with Crippen molar-refractivity contribution in [3.63, 3.8) is 0 Å². The zero-order valence-electron chi connectivity index (χ0n) is 15.1. The predicted molar refractivity (Wildman–Crippen MR) is 105 cm³/mol. The molecule has 1 aliphatic rings. The first-order valence-corrected chi connectivity index (χ1v) is 9.84. The third-order valence-corrected chi connectivity index (χ3v) is 4.86. The van der Waals surface area contributed by atoms with Crippen LogP contribution in [0.2, 0.25) is 0 Å². The highest BCUT2D eigenvalue weighted by molar-refractivity contribution is 7.98. The lowest BCUT2D eigenvalue weighted by Gasteiger charge is -2.23. The molecule has 144 valence electrons. The van der Waals surface area contributed by atoms with Crippen LogP contribution in [0.15, 0.2) is 53.9 Å². The Kier molecular flexibility index (Phi) is 6.05. The number of rotatable bonds is 7. The Balaban J connectivity index is 1.82. The molecular weight excluding hydrogens is 380 g/mol. The van der Waals surface area contributed by atoms with E-state index in [1.807, 2.05) is 6.26 Å². The van der Waals surface area contributed by atoms with Gasteiger partial charge in [-0.3, -0.25) is 19.5 Å². The Hall–Kier alpha value is -3.20. The number of nitrogens with two attached hydrogens (primary N) is 1. The third kappa shape index (κ3) is 3.89. The van der Waals surface area contributed by atoms with Gasteiger partial charge in [0.1, 0.15) is 6.04 Å². The lowest BCUT2D eigenvalue weighted by Crippen LogP contribution is -2.45. The van der Waals surface area contributed by atoms with Gasteiger partial charge in [-0.1, -0.05) is 17.3 Å². The van der Waals surface area contributed by atoms with Crippen LogP contribution in [0, 0.1) is 0 Å². The molecule has 9 heteroatoms. The molecule has 1 aromatic heterocycles. The van der Waals surface area contributed by atoms with E-state index in [2.05, 4.69) is 10.1 Å². The number of imide groups is 1. The summed E-state index contributed by atoms with van der Waals surface area (Å²) in [6, 6.07) is 8.60. The lowest BCUT2D eigenvalue weighted by molar-refractivity contribution is -0.148. The molecule has 8 nitrogen and oxygen atoms in total. The number of thioether (sulfide) groups is 1. The van der Waals surface area contributed by atoms with Crippen LogP contribution in [0.5, 0.6) is 0 Å². The van der Waals surface area contributed by atoms with Crippen molar-refractivity contribution >= 4 is 35.4 Å². The van der Waals surface area contributed by atoms with E-state index in [1.165, 1.54) is 24.2 Å². The molecule has 0 unspecified atom stereocenters. The quantitative estimate of drug-likeness (QED) is 0.248. The molecule has 0 radical (unpaired) electrons. The van der Waals surface area contributed by atoms with E-state index >= 15 is 0 Å². The molecule has 0 saturated carbocycles. The maximum absolute atomic E-state index is 12.7. The highest BCUT2D eigenvalue weighted by Crippen LogP contribution is 2.26. The number of fused-ring (bicyclic) bond motifs is 1. The van der Waals surface area contributed by atoms with Gasteiger partial charge >= 0.3 is 5.97 Å². The van der Waals surface area contributed by atoms with E-state index in [9.17, 15) is 14.4 Å². The van der Waals surface area contributed by atoms with Gasteiger partial charge in [-0.2, -0.15) is 11.8 Å². The molecule has 3 rings (SSSR count). The van der Waals surface area contributed by atoms with Crippen molar-refractivity contribution in [2.45, 2.75) is 12.5 Å². The van der Waals surface area contributed by atoms with Gasteiger partial charge in [0.15, 0.2) is 5.84 Å². The molecule has 0 aliphatic carbocycles. The van der Waals surface area contributed by atoms with Crippen LogP contribution in [0.1, 0.15) is 32.7 Å². The molecule has 0 spiro atoms. The average molecular weight is 398 g/mol. The number of hydrogen-bond donors (Lipinski definition) is 1. The minimum absolute atomic E-state index is 0.0123. The Morgan fingerprint density at radius 3 is 2.36 bits per heavy atom. The molecule has 2 aromatic rings. The number of aromatic nitrogens is 1. The molecule has 1 aliphatic heterocycles. The van der Waals surface area contributed by atoms with Gasteiger partial charge in [0.05, 0.1) is 11.1 Å². The molecule has 1 atom stereocenters. The second-order valence-corrected chi connectivity index (χ2v) is 6.93. The van der Waals surface area contributed by atoms with E-state index in [0.717, 1.165) is 4.90 Å². The molecule has 28 heavy (non-hydrogen) atoms. The van der Waals surface area contributed by atoms with Crippen LogP contribution < -0.4 is 5.73 Å². The summed E-state index contributed by atoms with van der Waals surface area (Å²) in [7, 11) is 0. The van der Waals surface area contributed by atoms with Gasteiger partial charge in [0, 0.05) is 18.0 Å². The third-order valence-electron chi connectivity index (χ3n) is 4.21. The Labute approximate surface area is 165 Å². The van der Waals surface area contributed by atoms with Gasteiger partial charge in [-0.15, -0.1) is 0 Å². The number of pyridine rings is 1. The van der Waals surface area contributed by atoms with E-state index in [-0.39, 0.29) is 23.4 Å².